The second-order valence-electron chi connectivity index (χ2n) is 10.8. The number of ketones is 1. The van der Waals surface area contributed by atoms with Crippen molar-refractivity contribution in [1.82, 2.24) is 0 Å². The molecule has 0 aliphatic carbocycles. The molecule has 0 aromatic heterocycles. The summed E-state index contributed by atoms with van der Waals surface area (Å²) in [5.41, 5.74) is 3.91. The lowest BCUT2D eigenvalue weighted by atomic mass is 9.85. The van der Waals surface area contributed by atoms with Crippen LogP contribution in [0.1, 0.15) is 56.8 Å². The number of carbonyl (C=O) groups is 2. The predicted molar refractivity (Wildman–Crippen MR) is 153 cm³/mol. The summed E-state index contributed by atoms with van der Waals surface area (Å²) >= 11 is 0. The van der Waals surface area contributed by atoms with Gasteiger partial charge in [-0.15, -0.1) is 0 Å². The highest BCUT2D eigenvalue weighted by Gasteiger charge is 2.47. The van der Waals surface area contributed by atoms with Crippen LogP contribution in [0.4, 0.5) is 11.4 Å². The first-order valence-electron chi connectivity index (χ1n) is 12.9. The number of carbonyl (C=O) groups excluding carboxylic acids is 2. The standard InChI is InChI=1S/C32H36N2O4/c1-7-20-38-26-18-10-22(11-19-26)29(35)27-28(21-8-12-23(13-9-21)32(2,3)4)34(31(37)30(27)36)25-16-14-24(15-17-25)33(5)6/h8-19,28,35H,7,20H2,1-6H3/b29-27-. The van der Waals surface area contributed by atoms with E-state index in [0.29, 0.717) is 23.6 Å². The van der Waals surface area contributed by atoms with E-state index >= 15 is 0 Å². The number of ether oxygens (including phenoxy) is 1. The van der Waals surface area contributed by atoms with E-state index in [1.165, 1.54) is 4.90 Å². The number of benzene rings is 3. The van der Waals surface area contributed by atoms with Crippen molar-refractivity contribution in [3.05, 3.63) is 95.1 Å². The molecule has 1 heterocycles. The Morgan fingerprint density at radius 1 is 0.921 bits per heavy atom. The Hall–Kier alpha value is -4.06. The Kier molecular flexibility index (Phi) is 7.63. The van der Waals surface area contributed by atoms with E-state index in [4.69, 9.17) is 4.74 Å². The normalized spacial score (nSPS) is 17.1. The molecule has 3 aromatic carbocycles. The van der Waals surface area contributed by atoms with Gasteiger partial charge in [0.15, 0.2) is 0 Å². The molecule has 1 N–H and O–H groups in total. The molecule has 1 saturated heterocycles. The average Bonchev–Trinajstić information content (AvgIpc) is 3.17. The highest BCUT2D eigenvalue weighted by Crippen LogP contribution is 2.43. The molecule has 1 aliphatic heterocycles. The minimum Gasteiger partial charge on any atom is -0.507 e. The summed E-state index contributed by atoms with van der Waals surface area (Å²) in [6.45, 7) is 9.02. The van der Waals surface area contributed by atoms with E-state index in [1.54, 1.807) is 24.3 Å². The fourth-order valence-electron chi connectivity index (χ4n) is 4.58. The first-order chi connectivity index (χ1) is 18.0. The number of Topliss-reactive ketones (excluding diaryl/α,β-unsaturated/α-hetero) is 1. The summed E-state index contributed by atoms with van der Waals surface area (Å²) in [5.74, 6) is -0.908. The van der Waals surface area contributed by atoms with E-state index in [1.807, 2.05) is 74.4 Å². The van der Waals surface area contributed by atoms with E-state index in [0.717, 1.165) is 23.2 Å². The van der Waals surface area contributed by atoms with Crippen LogP contribution in [-0.2, 0) is 15.0 Å². The Morgan fingerprint density at radius 2 is 1.53 bits per heavy atom. The molecule has 1 unspecified atom stereocenters. The molecule has 1 atom stereocenters. The van der Waals surface area contributed by atoms with Crippen LogP contribution < -0.4 is 14.5 Å². The Labute approximate surface area is 225 Å². The fraction of sp³-hybridized carbons (Fsp3) is 0.312. The second kappa shape index (κ2) is 10.7. The zero-order chi connectivity index (χ0) is 27.6. The molecule has 6 nitrogen and oxygen atoms in total. The van der Waals surface area contributed by atoms with Crippen LogP contribution in [0.25, 0.3) is 5.76 Å². The second-order valence-corrected chi connectivity index (χ2v) is 10.8. The number of rotatable bonds is 7. The maximum atomic E-state index is 13.5. The molecule has 6 heteroatoms. The first kappa shape index (κ1) is 27.0. The Bertz CT molecular complexity index is 1330. The molecule has 0 saturated carbocycles. The summed E-state index contributed by atoms with van der Waals surface area (Å²) in [7, 11) is 3.88. The van der Waals surface area contributed by atoms with E-state index < -0.39 is 17.7 Å². The van der Waals surface area contributed by atoms with Crippen LogP contribution in [-0.4, -0.2) is 37.5 Å². The average molecular weight is 513 g/mol. The van der Waals surface area contributed by atoms with Crippen LogP contribution >= 0.6 is 0 Å². The first-order valence-corrected chi connectivity index (χ1v) is 12.9. The lowest BCUT2D eigenvalue weighted by Gasteiger charge is -2.27. The minimum atomic E-state index is -0.773. The zero-order valence-electron chi connectivity index (χ0n) is 23.0. The van der Waals surface area contributed by atoms with Crippen molar-refractivity contribution >= 4 is 28.8 Å². The smallest absolute Gasteiger partial charge is 0.300 e. The molecule has 1 fully saturated rings. The largest absolute Gasteiger partial charge is 0.507 e. The van der Waals surface area contributed by atoms with E-state index in [-0.39, 0.29) is 16.7 Å². The monoisotopic (exact) mass is 512 g/mol. The molecule has 0 radical (unpaired) electrons. The number of aliphatic hydroxyl groups excluding tert-OH is 1. The lowest BCUT2D eigenvalue weighted by molar-refractivity contribution is -0.132. The summed E-state index contributed by atoms with van der Waals surface area (Å²) in [5, 5.41) is 11.4. The Balaban J connectivity index is 1.84. The number of nitrogens with zero attached hydrogens (tertiary/aromatic N) is 2. The van der Waals surface area contributed by atoms with Gasteiger partial charge in [-0.1, -0.05) is 52.0 Å². The topological polar surface area (TPSA) is 70.1 Å². The zero-order valence-corrected chi connectivity index (χ0v) is 23.0. The minimum absolute atomic E-state index is 0.0516. The lowest BCUT2D eigenvalue weighted by Crippen LogP contribution is -2.29. The van der Waals surface area contributed by atoms with Crippen LogP contribution in [0.15, 0.2) is 78.4 Å². The third-order valence-corrected chi connectivity index (χ3v) is 6.78. The number of hydrogen-bond donors (Lipinski definition) is 1. The van der Waals surface area contributed by atoms with Crippen LogP contribution in [0, 0.1) is 0 Å². The van der Waals surface area contributed by atoms with Gasteiger partial charge >= 0.3 is 0 Å². The molecule has 1 amide bonds. The van der Waals surface area contributed by atoms with Gasteiger partial charge in [0.25, 0.3) is 11.7 Å². The van der Waals surface area contributed by atoms with Crippen LogP contribution in [0.5, 0.6) is 5.75 Å². The van der Waals surface area contributed by atoms with Gasteiger partial charge in [0, 0.05) is 31.0 Å². The van der Waals surface area contributed by atoms with Crippen molar-refractivity contribution in [2.75, 3.05) is 30.5 Å². The van der Waals surface area contributed by atoms with Crippen molar-refractivity contribution in [2.45, 2.75) is 45.6 Å². The van der Waals surface area contributed by atoms with Gasteiger partial charge in [-0.25, -0.2) is 0 Å². The van der Waals surface area contributed by atoms with Gasteiger partial charge < -0.3 is 14.7 Å². The Morgan fingerprint density at radius 3 is 2.05 bits per heavy atom. The van der Waals surface area contributed by atoms with Gasteiger partial charge in [-0.3, -0.25) is 14.5 Å². The van der Waals surface area contributed by atoms with E-state index in [9.17, 15) is 14.7 Å². The molecular weight excluding hydrogens is 476 g/mol. The molecular formula is C32H36N2O4. The summed E-state index contributed by atoms with van der Waals surface area (Å²) in [6.07, 6.45) is 0.884. The highest BCUT2D eigenvalue weighted by atomic mass is 16.5. The molecule has 0 bridgehead atoms. The van der Waals surface area contributed by atoms with E-state index in [2.05, 4.69) is 20.8 Å². The van der Waals surface area contributed by atoms with Crippen molar-refractivity contribution < 1.29 is 19.4 Å². The number of anilines is 2. The van der Waals surface area contributed by atoms with Crippen LogP contribution in [0.2, 0.25) is 0 Å². The van der Waals surface area contributed by atoms with Gasteiger partial charge in [0.05, 0.1) is 18.2 Å². The van der Waals surface area contributed by atoms with Gasteiger partial charge in [-0.05, 0) is 71.5 Å². The summed E-state index contributed by atoms with van der Waals surface area (Å²) in [4.78, 5) is 30.4. The maximum absolute atomic E-state index is 13.5. The SMILES string of the molecule is CCCOc1ccc(/C(O)=C2/C(=O)C(=O)N(c3ccc(N(C)C)cc3)C2c2ccc(C(C)(C)C)cc2)cc1. The number of aliphatic hydroxyl groups is 1. The predicted octanol–water partition coefficient (Wildman–Crippen LogP) is 6.47. The van der Waals surface area contributed by atoms with Gasteiger partial charge in [-0.2, -0.15) is 0 Å². The molecule has 38 heavy (non-hydrogen) atoms. The van der Waals surface area contributed by atoms with Crippen molar-refractivity contribution in [3.8, 4) is 5.75 Å². The van der Waals surface area contributed by atoms with Gasteiger partial charge in [0.1, 0.15) is 11.5 Å². The third kappa shape index (κ3) is 5.30. The molecule has 1 aliphatic rings. The van der Waals surface area contributed by atoms with Crippen LogP contribution in [0.3, 0.4) is 0 Å². The maximum Gasteiger partial charge on any atom is 0.300 e. The molecule has 198 valence electrons. The molecule has 4 rings (SSSR count). The van der Waals surface area contributed by atoms with Crippen molar-refractivity contribution in [3.63, 3.8) is 0 Å². The van der Waals surface area contributed by atoms with Gasteiger partial charge in [0.2, 0.25) is 0 Å². The highest BCUT2D eigenvalue weighted by molar-refractivity contribution is 6.51. The van der Waals surface area contributed by atoms with Crippen molar-refractivity contribution in [1.29, 1.82) is 0 Å². The quantitative estimate of drug-likeness (QED) is 0.223. The molecule has 0 spiro atoms. The summed E-state index contributed by atoms with van der Waals surface area (Å²) in [6, 6.07) is 21.5. The van der Waals surface area contributed by atoms with Crippen molar-refractivity contribution in [2.24, 2.45) is 0 Å². The summed E-state index contributed by atoms with van der Waals surface area (Å²) < 4.78 is 5.65. The molecule has 3 aromatic rings. The number of hydrogen-bond acceptors (Lipinski definition) is 5. The number of amides is 1. The fourth-order valence-corrected chi connectivity index (χ4v) is 4.58. The third-order valence-electron chi connectivity index (χ3n) is 6.78.